The third-order valence-corrected chi connectivity index (χ3v) is 5.58. The summed E-state index contributed by atoms with van der Waals surface area (Å²) in [5.74, 6) is 0.130. The molecule has 0 aromatic heterocycles. The van der Waals surface area contributed by atoms with Crippen LogP contribution in [0.1, 0.15) is 21.5 Å². The highest BCUT2D eigenvalue weighted by Gasteiger charge is 2.12. The van der Waals surface area contributed by atoms with Gasteiger partial charge in [0.1, 0.15) is 6.61 Å². The molecule has 3 aromatic carbocycles. The molecule has 0 heterocycles. The zero-order valence-corrected chi connectivity index (χ0v) is 19.0. The first-order valence-electron chi connectivity index (χ1n) is 8.87. The highest BCUT2D eigenvalue weighted by Crippen LogP contribution is 2.35. The highest BCUT2D eigenvalue weighted by atomic mass is 79.9. The second-order valence-electron chi connectivity index (χ2n) is 6.37. The topological polar surface area (TPSA) is 67.8 Å². The molecule has 0 unspecified atom stereocenters. The molecule has 8 heteroatoms. The first kappa shape index (κ1) is 22.3. The summed E-state index contributed by atoms with van der Waals surface area (Å²) in [5, 5.41) is 13.1. The molecule has 0 aliphatic carbocycles. The van der Waals surface area contributed by atoms with Crippen LogP contribution in [0, 0.1) is 0 Å². The van der Waals surface area contributed by atoms with Crippen molar-refractivity contribution in [2.24, 2.45) is 0 Å². The fourth-order valence-electron chi connectivity index (χ4n) is 2.77. The lowest BCUT2D eigenvalue weighted by Gasteiger charge is -2.15. The number of carboxylic acid groups (broad SMARTS) is 1. The summed E-state index contributed by atoms with van der Waals surface area (Å²) < 4.78 is 12.2. The second-order valence-corrected chi connectivity index (χ2v) is 8.06. The molecule has 0 spiro atoms. The van der Waals surface area contributed by atoms with Gasteiger partial charge in [-0.2, -0.15) is 0 Å². The molecule has 3 aromatic rings. The van der Waals surface area contributed by atoms with Crippen LogP contribution in [-0.2, 0) is 13.2 Å². The van der Waals surface area contributed by atoms with Crippen LogP contribution < -0.4 is 14.8 Å². The molecule has 0 saturated heterocycles. The molecule has 30 heavy (non-hydrogen) atoms. The maximum atomic E-state index is 11.1. The Balaban J connectivity index is 1.72. The summed E-state index contributed by atoms with van der Waals surface area (Å²) in [6, 6.07) is 15.9. The molecule has 5 nitrogen and oxygen atoms in total. The lowest BCUT2D eigenvalue weighted by atomic mass is 10.1. The van der Waals surface area contributed by atoms with Gasteiger partial charge in [-0.3, -0.25) is 0 Å². The quantitative estimate of drug-likeness (QED) is 0.355. The Morgan fingerprint density at radius 1 is 1.10 bits per heavy atom. The Bertz CT molecular complexity index is 1070. The number of nitrogens with one attached hydrogen (secondary N) is 1. The molecule has 0 amide bonds. The smallest absolute Gasteiger partial charge is 0.337 e. The maximum absolute atomic E-state index is 11.1. The van der Waals surface area contributed by atoms with Gasteiger partial charge in [-0.25, -0.2) is 4.79 Å². The summed E-state index contributed by atoms with van der Waals surface area (Å²) >= 11 is 15.6. The van der Waals surface area contributed by atoms with Gasteiger partial charge < -0.3 is 19.9 Å². The minimum absolute atomic E-state index is 0.0614. The molecule has 0 saturated carbocycles. The van der Waals surface area contributed by atoms with Crippen LogP contribution >= 0.6 is 39.1 Å². The van der Waals surface area contributed by atoms with E-state index in [1.165, 1.54) is 6.07 Å². The fourth-order valence-corrected chi connectivity index (χ4v) is 3.71. The maximum Gasteiger partial charge on any atom is 0.337 e. The van der Waals surface area contributed by atoms with Gasteiger partial charge in [0.05, 0.1) is 17.7 Å². The molecule has 2 N–H and O–H groups in total. The molecule has 0 fully saturated rings. The van der Waals surface area contributed by atoms with Gasteiger partial charge in [0.2, 0.25) is 0 Å². The summed E-state index contributed by atoms with van der Waals surface area (Å²) in [5.41, 5.74) is 2.65. The number of anilines is 1. The monoisotopic (exact) mass is 509 g/mol. The van der Waals surface area contributed by atoms with Crippen molar-refractivity contribution in [3.05, 3.63) is 85.8 Å². The number of aromatic carboxylic acids is 1. The number of carboxylic acids is 1. The molecule has 156 valence electrons. The zero-order valence-electron chi connectivity index (χ0n) is 15.9. The minimum atomic E-state index is -1.06. The molecular weight excluding hydrogens is 493 g/mol. The van der Waals surface area contributed by atoms with E-state index in [0.29, 0.717) is 35.4 Å². The standard InChI is InChI=1S/C22H18BrCl2NO4/c1-29-20-8-14(11-26-16-5-6-17(22(27)28)19(25)9-16)18(23)10-21(20)30-12-13-3-2-4-15(24)7-13/h2-10,26H,11-12H2,1H3,(H,27,28). The Hall–Kier alpha value is -2.41. The molecule has 3 rings (SSSR count). The molecule has 0 atom stereocenters. The van der Waals surface area contributed by atoms with E-state index in [4.69, 9.17) is 37.8 Å². The van der Waals surface area contributed by atoms with Crippen molar-refractivity contribution < 1.29 is 19.4 Å². The molecule has 0 aliphatic rings. The summed E-state index contributed by atoms with van der Waals surface area (Å²) in [7, 11) is 1.58. The Labute approximate surface area is 192 Å². The van der Waals surface area contributed by atoms with Gasteiger partial charge >= 0.3 is 5.97 Å². The Morgan fingerprint density at radius 2 is 1.90 bits per heavy atom. The minimum Gasteiger partial charge on any atom is -0.493 e. The Morgan fingerprint density at radius 3 is 2.57 bits per heavy atom. The lowest BCUT2D eigenvalue weighted by Crippen LogP contribution is -2.04. The highest BCUT2D eigenvalue weighted by molar-refractivity contribution is 9.10. The zero-order chi connectivity index (χ0) is 21.7. The van der Waals surface area contributed by atoms with Crippen LogP contribution in [0.3, 0.4) is 0 Å². The van der Waals surface area contributed by atoms with E-state index >= 15 is 0 Å². The third-order valence-electron chi connectivity index (χ3n) is 4.30. The van der Waals surface area contributed by atoms with Crippen LogP contribution in [-0.4, -0.2) is 18.2 Å². The van der Waals surface area contributed by atoms with E-state index in [-0.39, 0.29) is 10.6 Å². The third kappa shape index (κ3) is 5.59. The predicted molar refractivity (Wildman–Crippen MR) is 122 cm³/mol. The number of rotatable bonds is 8. The van der Waals surface area contributed by atoms with Crippen LogP contribution in [0.2, 0.25) is 10.0 Å². The predicted octanol–water partition coefficient (Wildman–Crippen LogP) is 6.65. The van der Waals surface area contributed by atoms with Crippen molar-refractivity contribution in [1.82, 2.24) is 0 Å². The van der Waals surface area contributed by atoms with Gasteiger partial charge in [0.25, 0.3) is 0 Å². The van der Waals surface area contributed by atoms with Crippen LogP contribution in [0.25, 0.3) is 0 Å². The van der Waals surface area contributed by atoms with Gasteiger partial charge in [0.15, 0.2) is 11.5 Å². The first-order valence-corrected chi connectivity index (χ1v) is 10.4. The van der Waals surface area contributed by atoms with Crippen molar-refractivity contribution >= 4 is 50.8 Å². The van der Waals surface area contributed by atoms with Gasteiger partial charge in [-0.05, 0) is 53.6 Å². The number of hydrogen-bond acceptors (Lipinski definition) is 4. The van der Waals surface area contributed by atoms with E-state index in [0.717, 1.165) is 15.6 Å². The number of carbonyl (C=O) groups is 1. The van der Waals surface area contributed by atoms with E-state index in [1.807, 2.05) is 36.4 Å². The van der Waals surface area contributed by atoms with Crippen molar-refractivity contribution in [3.8, 4) is 11.5 Å². The van der Waals surface area contributed by atoms with Crippen LogP contribution in [0.15, 0.2) is 59.1 Å². The molecular formula is C22H18BrCl2NO4. The summed E-state index contributed by atoms with van der Waals surface area (Å²) in [4.78, 5) is 11.1. The van der Waals surface area contributed by atoms with Gasteiger partial charge in [0, 0.05) is 21.7 Å². The largest absolute Gasteiger partial charge is 0.493 e. The summed E-state index contributed by atoms with van der Waals surface area (Å²) in [6.07, 6.45) is 0. The van der Waals surface area contributed by atoms with Crippen LogP contribution in [0.5, 0.6) is 11.5 Å². The van der Waals surface area contributed by atoms with Crippen molar-refractivity contribution in [1.29, 1.82) is 0 Å². The average Bonchev–Trinajstić information content (AvgIpc) is 2.71. The van der Waals surface area contributed by atoms with Crippen molar-refractivity contribution in [3.63, 3.8) is 0 Å². The number of methoxy groups -OCH3 is 1. The first-order chi connectivity index (χ1) is 14.4. The second kappa shape index (κ2) is 10.1. The van der Waals surface area contributed by atoms with Crippen LogP contribution in [0.4, 0.5) is 5.69 Å². The number of hydrogen-bond donors (Lipinski definition) is 2. The van der Waals surface area contributed by atoms with Gasteiger partial charge in [-0.15, -0.1) is 0 Å². The normalized spacial score (nSPS) is 10.5. The number of ether oxygens (including phenoxy) is 2. The number of halogens is 3. The van der Waals surface area contributed by atoms with E-state index in [2.05, 4.69) is 21.2 Å². The number of benzene rings is 3. The fraction of sp³-hybridized carbons (Fsp3) is 0.136. The molecule has 0 radical (unpaired) electrons. The summed E-state index contributed by atoms with van der Waals surface area (Å²) in [6.45, 7) is 0.823. The Kier molecular flexibility index (Phi) is 7.48. The van der Waals surface area contributed by atoms with Crippen molar-refractivity contribution in [2.75, 3.05) is 12.4 Å². The lowest BCUT2D eigenvalue weighted by molar-refractivity contribution is 0.0697. The van der Waals surface area contributed by atoms with E-state index < -0.39 is 5.97 Å². The van der Waals surface area contributed by atoms with E-state index in [1.54, 1.807) is 19.2 Å². The van der Waals surface area contributed by atoms with E-state index in [9.17, 15) is 4.79 Å². The average molecular weight is 511 g/mol. The molecule has 0 bridgehead atoms. The van der Waals surface area contributed by atoms with Gasteiger partial charge in [-0.1, -0.05) is 51.3 Å². The molecule has 0 aliphatic heterocycles. The SMILES string of the molecule is COc1cc(CNc2ccc(C(=O)O)c(Cl)c2)c(Br)cc1OCc1cccc(Cl)c1. The van der Waals surface area contributed by atoms with Crippen molar-refractivity contribution in [2.45, 2.75) is 13.2 Å².